The van der Waals surface area contributed by atoms with Gasteiger partial charge in [0, 0.05) is 5.41 Å². The molecule has 0 unspecified atom stereocenters. The number of fused-ring (bicyclic) bond motifs is 5. The molecular weight excluding hydrogens is 256 g/mol. The van der Waals surface area contributed by atoms with E-state index in [-0.39, 0.29) is 11.2 Å². The number of hydrogen-bond acceptors (Lipinski definition) is 1. The second-order valence-electron chi connectivity index (χ2n) is 8.20. The van der Waals surface area contributed by atoms with Crippen LogP contribution in [-0.2, 0) is 4.79 Å². The van der Waals surface area contributed by atoms with Gasteiger partial charge in [0.05, 0.1) is 0 Å². The van der Waals surface area contributed by atoms with Gasteiger partial charge in [-0.3, -0.25) is 4.79 Å². The summed E-state index contributed by atoms with van der Waals surface area (Å²) in [6.07, 6.45) is 13.5. The molecule has 0 aromatic heterocycles. The summed E-state index contributed by atoms with van der Waals surface area (Å²) < 4.78 is 0. The van der Waals surface area contributed by atoms with Gasteiger partial charge in [0.1, 0.15) is 0 Å². The molecule has 0 N–H and O–H groups in total. The zero-order valence-corrected chi connectivity index (χ0v) is 13.3. The Morgan fingerprint density at radius 1 is 1.14 bits per heavy atom. The summed E-state index contributed by atoms with van der Waals surface area (Å²) >= 11 is 0. The van der Waals surface area contributed by atoms with Gasteiger partial charge in [0.15, 0.2) is 5.78 Å². The van der Waals surface area contributed by atoms with E-state index in [9.17, 15) is 4.79 Å². The molecule has 0 bridgehead atoms. The summed E-state index contributed by atoms with van der Waals surface area (Å²) in [4.78, 5) is 11.7. The van der Waals surface area contributed by atoms with E-state index in [0.29, 0.717) is 5.41 Å². The molecule has 21 heavy (non-hydrogen) atoms. The van der Waals surface area contributed by atoms with E-state index in [1.165, 1.54) is 43.3 Å². The Kier molecular flexibility index (Phi) is 2.72. The highest BCUT2D eigenvalue weighted by Gasteiger charge is 2.56. The smallest absolute Gasteiger partial charge is 0.178 e. The highest BCUT2D eigenvalue weighted by atomic mass is 16.1. The third-order valence-corrected chi connectivity index (χ3v) is 7.51. The van der Waals surface area contributed by atoms with Crippen molar-refractivity contribution in [1.29, 1.82) is 0 Å². The summed E-state index contributed by atoms with van der Waals surface area (Å²) in [5.41, 5.74) is 3.44. The summed E-state index contributed by atoms with van der Waals surface area (Å²) in [5.74, 6) is 2.57. The fourth-order valence-corrected chi connectivity index (χ4v) is 6.10. The van der Waals surface area contributed by atoms with Gasteiger partial charge in [0.25, 0.3) is 0 Å². The van der Waals surface area contributed by atoms with Crippen LogP contribution in [0, 0.1) is 28.6 Å². The first-order chi connectivity index (χ1) is 9.95. The van der Waals surface area contributed by atoms with Crippen LogP contribution < -0.4 is 0 Å². The standard InChI is InChI=1S/C20H26O/c1-13-4-7-17-16-6-5-14-12-15(21)8-10-20(14,3)18(16)9-11-19(13,17)2/h8,10,12,16-18H,1,4-7,9,11H2,2-3H3/t16-,17-,18-,19+,20-/m0/s1. The molecule has 0 saturated heterocycles. The third kappa shape index (κ3) is 1.67. The van der Waals surface area contributed by atoms with Crippen molar-refractivity contribution in [1.82, 2.24) is 0 Å². The normalized spacial score (nSPS) is 48.5. The van der Waals surface area contributed by atoms with E-state index in [2.05, 4.69) is 26.5 Å². The molecular formula is C20H26O. The van der Waals surface area contributed by atoms with Crippen molar-refractivity contribution in [3.05, 3.63) is 36.0 Å². The van der Waals surface area contributed by atoms with Crippen molar-refractivity contribution in [2.45, 2.75) is 52.4 Å². The number of rotatable bonds is 0. The number of carbonyl (C=O) groups excluding carboxylic acids is 1. The average Bonchev–Trinajstić information content (AvgIpc) is 2.76. The van der Waals surface area contributed by atoms with E-state index < -0.39 is 0 Å². The molecule has 1 heteroatoms. The maximum Gasteiger partial charge on any atom is 0.178 e. The summed E-state index contributed by atoms with van der Waals surface area (Å²) in [6, 6.07) is 0. The van der Waals surface area contributed by atoms with Crippen molar-refractivity contribution in [3.8, 4) is 0 Å². The van der Waals surface area contributed by atoms with E-state index in [1.54, 1.807) is 0 Å². The highest BCUT2D eigenvalue weighted by Crippen LogP contribution is 2.65. The molecule has 4 aliphatic carbocycles. The molecule has 0 aromatic rings. The summed E-state index contributed by atoms with van der Waals surface area (Å²) in [5, 5.41) is 0. The van der Waals surface area contributed by atoms with Crippen molar-refractivity contribution in [2.75, 3.05) is 0 Å². The van der Waals surface area contributed by atoms with Crippen LogP contribution in [0.25, 0.3) is 0 Å². The van der Waals surface area contributed by atoms with Crippen molar-refractivity contribution in [2.24, 2.45) is 28.6 Å². The maximum atomic E-state index is 11.7. The van der Waals surface area contributed by atoms with Crippen molar-refractivity contribution < 1.29 is 4.79 Å². The average molecular weight is 282 g/mol. The Morgan fingerprint density at radius 2 is 1.95 bits per heavy atom. The van der Waals surface area contributed by atoms with Gasteiger partial charge >= 0.3 is 0 Å². The lowest BCUT2D eigenvalue weighted by atomic mass is 9.48. The Bertz CT molecular complexity index is 581. The van der Waals surface area contributed by atoms with Gasteiger partial charge in [0.2, 0.25) is 0 Å². The van der Waals surface area contributed by atoms with Crippen LogP contribution in [-0.4, -0.2) is 5.78 Å². The molecule has 0 aromatic carbocycles. The first-order valence-electron chi connectivity index (χ1n) is 8.58. The first kappa shape index (κ1) is 13.5. The number of hydrogen-bond donors (Lipinski definition) is 0. The fourth-order valence-electron chi connectivity index (χ4n) is 6.10. The molecule has 0 spiro atoms. The first-order valence-corrected chi connectivity index (χ1v) is 8.58. The molecule has 3 saturated carbocycles. The van der Waals surface area contributed by atoms with E-state index >= 15 is 0 Å². The molecule has 112 valence electrons. The van der Waals surface area contributed by atoms with Gasteiger partial charge in [-0.25, -0.2) is 0 Å². The van der Waals surface area contributed by atoms with Gasteiger partial charge < -0.3 is 0 Å². The highest BCUT2D eigenvalue weighted by molar-refractivity contribution is 6.01. The molecule has 0 radical (unpaired) electrons. The second kappa shape index (κ2) is 4.21. The van der Waals surface area contributed by atoms with Gasteiger partial charge in [-0.2, -0.15) is 0 Å². The molecule has 0 amide bonds. The van der Waals surface area contributed by atoms with Crippen LogP contribution >= 0.6 is 0 Å². The zero-order chi connectivity index (χ0) is 14.8. The minimum absolute atomic E-state index is 0.141. The number of ketones is 1. The molecule has 4 rings (SSSR count). The zero-order valence-electron chi connectivity index (χ0n) is 13.3. The monoisotopic (exact) mass is 282 g/mol. The summed E-state index contributed by atoms with van der Waals surface area (Å²) in [6.45, 7) is 9.24. The van der Waals surface area contributed by atoms with E-state index in [4.69, 9.17) is 0 Å². The van der Waals surface area contributed by atoms with E-state index in [0.717, 1.165) is 24.2 Å². The van der Waals surface area contributed by atoms with Gasteiger partial charge in [-0.1, -0.05) is 37.6 Å². The molecule has 0 aliphatic heterocycles. The molecule has 1 nitrogen and oxygen atoms in total. The minimum Gasteiger partial charge on any atom is -0.290 e. The van der Waals surface area contributed by atoms with Gasteiger partial charge in [-0.05, 0) is 73.8 Å². The second-order valence-corrected chi connectivity index (χ2v) is 8.20. The molecule has 4 aliphatic rings. The van der Waals surface area contributed by atoms with Crippen LogP contribution in [0.1, 0.15) is 52.4 Å². The lowest BCUT2D eigenvalue weighted by Gasteiger charge is -2.56. The largest absolute Gasteiger partial charge is 0.290 e. The topological polar surface area (TPSA) is 17.1 Å². The lowest BCUT2D eigenvalue weighted by Crippen LogP contribution is -2.48. The van der Waals surface area contributed by atoms with Crippen LogP contribution in [0.4, 0.5) is 0 Å². The molecule has 3 fully saturated rings. The molecule has 5 atom stereocenters. The van der Waals surface area contributed by atoms with Crippen LogP contribution in [0.5, 0.6) is 0 Å². The Hall–Kier alpha value is -1.11. The summed E-state index contributed by atoms with van der Waals surface area (Å²) in [7, 11) is 0. The predicted octanol–water partition coefficient (Wildman–Crippen LogP) is 4.85. The Balaban J connectivity index is 1.72. The van der Waals surface area contributed by atoms with E-state index in [1.807, 2.05) is 12.2 Å². The van der Waals surface area contributed by atoms with Gasteiger partial charge in [-0.15, -0.1) is 0 Å². The quantitative estimate of drug-likeness (QED) is 0.580. The fraction of sp³-hybridized carbons (Fsp3) is 0.650. The lowest BCUT2D eigenvalue weighted by molar-refractivity contribution is -0.111. The third-order valence-electron chi connectivity index (χ3n) is 7.51. The van der Waals surface area contributed by atoms with Crippen molar-refractivity contribution in [3.63, 3.8) is 0 Å². The maximum absolute atomic E-state index is 11.7. The SMILES string of the molecule is C=C1CC[C@H]2[C@@H]3CCC4=CC(=O)C=C[C@]4(C)[C@H]3CC[C@]12C. The van der Waals surface area contributed by atoms with Crippen LogP contribution in [0.3, 0.4) is 0 Å². The number of carbonyl (C=O) groups is 1. The Labute approximate surface area is 128 Å². The number of allylic oxidation sites excluding steroid dienone is 5. The predicted molar refractivity (Wildman–Crippen MR) is 85.8 cm³/mol. The van der Waals surface area contributed by atoms with Crippen molar-refractivity contribution >= 4 is 5.78 Å². The van der Waals surface area contributed by atoms with Crippen LogP contribution in [0.15, 0.2) is 36.0 Å². The Morgan fingerprint density at radius 3 is 2.76 bits per heavy atom. The van der Waals surface area contributed by atoms with Crippen LogP contribution in [0.2, 0.25) is 0 Å². The molecule has 0 heterocycles. The minimum atomic E-state index is 0.141.